The third-order valence-corrected chi connectivity index (χ3v) is 2.51. The van der Waals surface area contributed by atoms with Gasteiger partial charge in [-0.2, -0.15) is 15.0 Å². The van der Waals surface area contributed by atoms with Crippen molar-refractivity contribution in [1.29, 1.82) is 0 Å². The number of anilines is 2. The fraction of sp³-hybridized carbons (Fsp3) is 0.750. The molecule has 0 aliphatic rings. The molecule has 0 spiro atoms. The third-order valence-electron chi connectivity index (χ3n) is 2.51. The van der Waals surface area contributed by atoms with Gasteiger partial charge in [-0.25, -0.2) is 5.84 Å². The molecular formula is C12H24N6O. The van der Waals surface area contributed by atoms with E-state index in [4.69, 9.17) is 10.6 Å². The van der Waals surface area contributed by atoms with Crippen molar-refractivity contribution < 1.29 is 4.74 Å². The predicted molar refractivity (Wildman–Crippen MR) is 76.2 cm³/mol. The van der Waals surface area contributed by atoms with Crippen molar-refractivity contribution in [2.45, 2.75) is 46.6 Å². The lowest BCUT2D eigenvalue weighted by atomic mass is 10.3. The Morgan fingerprint density at radius 2 is 1.95 bits per heavy atom. The maximum absolute atomic E-state index is 5.46. The zero-order valence-corrected chi connectivity index (χ0v) is 12.2. The van der Waals surface area contributed by atoms with Gasteiger partial charge in [0.15, 0.2) is 0 Å². The summed E-state index contributed by atoms with van der Waals surface area (Å²) in [5.41, 5.74) is 2.45. The standard InChI is InChI=1S/C12H24N6O/c1-5-7-18(9(3)4)11-14-10(17-13)15-12(16-11)19-8-6-2/h9H,5-8,13H2,1-4H3,(H,14,15,16,17). The Labute approximate surface area is 114 Å². The van der Waals surface area contributed by atoms with Crippen molar-refractivity contribution in [2.75, 3.05) is 23.5 Å². The highest BCUT2D eigenvalue weighted by Gasteiger charge is 2.16. The van der Waals surface area contributed by atoms with Crippen molar-refractivity contribution >= 4 is 11.9 Å². The summed E-state index contributed by atoms with van der Waals surface area (Å²) in [4.78, 5) is 14.8. The van der Waals surface area contributed by atoms with Gasteiger partial charge in [0.1, 0.15) is 0 Å². The van der Waals surface area contributed by atoms with E-state index in [1.54, 1.807) is 0 Å². The van der Waals surface area contributed by atoms with Crippen LogP contribution >= 0.6 is 0 Å². The van der Waals surface area contributed by atoms with Crippen molar-refractivity contribution in [1.82, 2.24) is 15.0 Å². The van der Waals surface area contributed by atoms with Gasteiger partial charge >= 0.3 is 6.01 Å². The normalized spacial score (nSPS) is 10.6. The monoisotopic (exact) mass is 268 g/mol. The van der Waals surface area contributed by atoms with Gasteiger partial charge in [0.25, 0.3) is 0 Å². The van der Waals surface area contributed by atoms with E-state index in [1.165, 1.54) is 0 Å². The number of aromatic nitrogens is 3. The molecule has 108 valence electrons. The molecule has 1 aromatic heterocycles. The first-order valence-electron chi connectivity index (χ1n) is 6.74. The molecule has 0 aliphatic carbocycles. The molecule has 0 amide bonds. The van der Waals surface area contributed by atoms with Gasteiger partial charge in [0.05, 0.1) is 6.61 Å². The second kappa shape index (κ2) is 7.73. The van der Waals surface area contributed by atoms with Crippen LogP contribution in [0.5, 0.6) is 6.01 Å². The topological polar surface area (TPSA) is 89.2 Å². The first-order chi connectivity index (χ1) is 9.12. The molecular weight excluding hydrogens is 244 g/mol. The number of hydrogen-bond acceptors (Lipinski definition) is 7. The van der Waals surface area contributed by atoms with E-state index < -0.39 is 0 Å². The molecule has 1 rings (SSSR count). The molecule has 0 atom stereocenters. The predicted octanol–water partition coefficient (Wildman–Crippen LogP) is 1.57. The Kier molecular flexibility index (Phi) is 6.27. The lowest BCUT2D eigenvalue weighted by Gasteiger charge is -2.26. The van der Waals surface area contributed by atoms with E-state index in [1.807, 2.05) is 6.92 Å². The van der Waals surface area contributed by atoms with Crippen LogP contribution in [-0.2, 0) is 0 Å². The summed E-state index contributed by atoms with van der Waals surface area (Å²) in [6.45, 7) is 9.79. The molecule has 0 bridgehead atoms. The number of rotatable bonds is 8. The summed E-state index contributed by atoms with van der Waals surface area (Å²) in [5.74, 6) is 6.30. The molecule has 0 radical (unpaired) electrons. The van der Waals surface area contributed by atoms with E-state index >= 15 is 0 Å². The molecule has 19 heavy (non-hydrogen) atoms. The lowest BCUT2D eigenvalue weighted by Crippen LogP contribution is -2.33. The van der Waals surface area contributed by atoms with Crippen LogP contribution in [0.2, 0.25) is 0 Å². The number of nitrogens with zero attached hydrogens (tertiary/aromatic N) is 4. The van der Waals surface area contributed by atoms with Gasteiger partial charge in [-0.05, 0) is 26.7 Å². The molecule has 3 N–H and O–H groups in total. The highest BCUT2D eigenvalue weighted by molar-refractivity contribution is 5.38. The highest BCUT2D eigenvalue weighted by Crippen LogP contribution is 2.17. The number of hydrazine groups is 1. The van der Waals surface area contributed by atoms with Crippen molar-refractivity contribution in [3.63, 3.8) is 0 Å². The second-order valence-corrected chi connectivity index (χ2v) is 4.52. The van der Waals surface area contributed by atoms with Crippen LogP contribution in [0, 0.1) is 0 Å². The number of nitrogens with one attached hydrogen (secondary N) is 1. The molecule has 7 nitrogen and oxygen atoms in total. The van der Waals surface area contributed by atoms with Gasteiger partial charge < -0.3 is 9.64 Å². The highest BCUT2D eigenvalue weighted by atomic mass is 16.5. The Balaban J connectivity index is 3.02. The van der Waals surface area contributed by atoms with Gasteiger partial charge in [-0.1, -0.05) is 13.8 Å². The summed E-state index contributed by atoms with van der Waals surface area (Å²) in [6, 6.07) is 0.605. The van der Waals surface area contributed by atoms with Gasteiger partial charge in [-0.15, -0.1) is 0 Å². The fourth-order valence-corrected chi connectivity index (χ4v) is 1.63. The number of hydrogen-bond donors (Lipinski definition) is 2. The summed E-state index contributed by atoms with van der Waals surface area (Å²) in [7, 11) is 0. The van der Waals surface area contributed by atoms with E-state index in [0.717, 1.165) is 19.4 Å². The van der Waals surface area contributed by atoms with Crippen LogP contribution in [0.25, 0.3) is 0 Å². The number of nitrogens with two attached hydrogens (primary N) is 1. The number of ether oxygens (including phenoxy) is 1. The average Bonchev–Trinajstić information content (AvgIpc) is 2.41. The quantitative estimate of drug-likeness (QED) is 0.546. The van der Waals surface area contributed by atoms with Crippen LogP contribution < -0.4 is 20.9 Å². The van der Waals surface area contributed by atoms with Crippen molar-refractivity contribution in [2.24, 2.45) is 5.84 Å². The van der Waals surface area contributed by atoms with Gasteiger partial charge in [0.2, 0.25) is 11.9 Å². The molecule has 7 heteroatoms. The van der Waals surface area contributed by atoms with E-state index in [-0.39, 0.29) is 0 Å². The molecule has 0 unspecified atom stereocenters. The molecule has 1 heterocycles. The minimum Gasteiger partial charge on any atom is -0.463 e. The maximum Gasteiger partial charge on any atom is 0.323 e. The summed E-state index contributed by atoms with van der Waals surface area (Å²) >= 11 is 0. The van der Waals surface area contributed by atoms with Crippen LogP contribution in [0.3, 0.4) is 0 Å². The van der Waals surface area contributed by atoms with Crippen LogP contribution in [0.15, 0.2) is 0 Å². The minimum absolute atomic E-state index is 0.298. The molecule has 0 saturated heterocycles. The first kappa shape index (κ1) is 15.4. The summed E-state index contributed by atoms with van der Waals surface area (Å²) < 4.78 is 5.46. The average molecular weight is 268 g/mol. The van der Waals surface area contributed by atoms with E-state index in [2.05, 4.69) is 46.0 Å². The Bertz CT molecular complexity index is 384. The SMILES string of the molecule is CCCOc1nc(NN)nc(N(CCC)C(C)C)n1. The van der Waals surface area contributed by atoms with E-state index in [0.29, 0.717) is 30.6 Å². The second-order valence-electron chi connectivity index (χ2n) is 4.52. The molecule has 0 aromatic carbocycles. The Morgan fingerprint density at radius 1 is 1.21 bits per heavy atom. The molecule has 0 saturated carbocycles. The fourth-order valence-electron chi connectivity index (χ4n) is 1.63. The van der Waals surface area contributed by atoms with E-state index in [9.17, 15) is 0 Å². The van der Waals surface area contributed by atoms with Crippen LogP contribution in [0.1, 0.15) is 40.5 Å². The van der Waals surface area contributed by atoms with Gasteiger partial charge in [-0.3, -0.25) is 5.43 Å². The summed E-state index contributed by atoms with van der Waals surface area (Å²) in [5, 5.41) is 0. The Morgan fingerprint density at radius 3 is 2.47 bits per heavy atom. The molecule has 0 fully saturated rings. The van der Waals surface area contributed by atoms with Crippen LogP contribution in [-0.4, -0.2) is 34.1 Å². The maximum atomic E-state index is 5.46. The molecule has 0 aliphatic heterocycles. The lowest BCUT2D eigenvalue weighted by molar-refractivity contribution is 0.291. The zero-order chi connectivity index (χ0) is 14.3. The van der Waals surface area contributed by atoms with Gasteiger partial charge in [0, 0.05) is 12.6 Å². The number of nitrogen functional groups attached to an aromatic ring is 1. The molecule has 1 aromatic rings. The zero-order valence-electron chi connectivity index (χ0n) is 12.2. The van der Waals surface area contributed by atoms with Crippen LogP contribution in [0.4, 0.5) is 11.9 Å². The largest absolute Gasteiger partial charge is 0.463 e. The summed E-state index contributed by atoms with van der Waals surface area (Å²) in [6.07, 6.45) is 1.91. The first-order valence-corrected chi connectivity index (χ1v) is 6.74. The smallest absolute Gasteiger partial charge is 0.323 e. The Hall–Kier alpha value is -1.63. The van der Waals surface area contributed by atoms with Crippen molar-refractivity contribution in [3.05, 3.63) is 0 Å². The third kappa shape index (κ3) is 4.51. The minimum atomic E-state index is 0.298. The van der Waals surface area contributed by atoms with Crippen molar-refractivity contribution in [3.8, 4) is 6.01 Å².